The van der Waals surface area contributed by atoms with Gasteiger partial charge in [0.05, 0.1) is 83.7 Å². The summed E-state index contributed by atoms with van der Waals surface area (Å²) in [5, 5.41) is 25.7. The number of ether oxygens (including phenoxy) is 4. The van der Waals surface area contributed by atoms with Gasteiger partial charge in [0.2, 0.25) is 0 Å². The zero-order valence-corrected chi connectivity index (χ0v) is 13.8. The second kappa shape index (κ2) is 15.8. The SMILES string of the molecule is C#CCCOC(COCCC#N)(COCCC#N)COCCC#N. The Kier molecular flexibility index (Phi) is 14.4. The van der Waals surface area contributed by atoms with Crippen molar-refractivity contribution in [3.05, 3.63) is 0 Å². The van der Waals surface area contributed by atoms with Gasteiger partial charge in [0.15, 0.2) is 0 Å². The van der Waals surface area contributed by atoms with Crippen LogP contribution in [0, 0.1) is 46.3 Å². The number of nitriles is 3. The molecule has 0 heterocycles. The van der Waals surface area contributed by atoms with Crippen LogP contribution < -0.4 is 0 Å². The lowest BCUT2D eigenvalue weighted by Gasteiger charge is -2.33. The van der Waals surface area contributed by atoms with E-state index in [9.17, 15) is 0 Å². The molecule has 0 fully saturated rings. The van der Waals surface area contributed by atoms with E-state index in [2.05, 4.69) is 5.92 Å². The van der Waals surface area contributed by atoms with Crippen molar-refractivity contribution in [3.63, 3.8) is 0 Å². The van der Waals surface area contributed by atoms with Crippen LogP contribution >= 0.6 is 0 Å². The fraction of sp³-hybridized carbons (Fsp3) is 0.706. The molecule has 0 rings (SSSR count). The van der Waals surface area contributed by atoms with Crippen LogP contribution in [0.1, 0.15) is 25.7 Å². The van der Waals surface area contributed by atoms with E-state index in [1.807, 2.05) is 18.2 Å². The molecule has 0 aliphatic rings. The van der Waals surface area contributed by atoms with Crippen molar-refractivity contribution in [1.29, 1.82) is 15.8 Å². The van der Waals surface area contributed by atoms with Gasteiger partial charge in [-0.1, -0.05) is 0 Å². The highest BCUT2D eigenvalue weighted by Gasteiger charge is 2.32. The molecule has 130 valence electrons. The summed E-state index contributed by atoms with van der Waals surface area (Å²) in [7, 11) is 0. The summed E-state index contributed by atoms with van der Waals surface area (Å²) in [6.45, 7) is 1.61. The summed E-state index contributed by atoms with van der Waals surface area (Å²) < 4.78 is 22.3. The Labute approximate surface area is 143 Å². The van der Waals surface area contributed by atoms with Crippen molar-refractivity contribution >= 4 is 0 Å². The summed E-state index contributed by atoms with van der Waals surface area (Å²) in [6, 6.07) is 6.00. The molecule has 0 unspecified atom stereocenters. The lowest BCUT2D eigenvalue weighted by atomic mass is 10.1. The van der Waals surface area contributed by atoms with E-state index < -0.39 is 5.60 Å². The molecule has 24 heavy (non-hydrogen) atoms. The second-order valence-electron chi connectivity index (χ2n) is 4.87. The molecule has 0 saturated carbocycles. The minimum absolute atomic E-state index is 0.165. The normalized spacial score (nSPS) is 10.3. The molecule has 0 spiro atoms. The summed E-state index contributed by atoms with van der Waals surface area (Å²) in [6.07, 6.45) is 6.48. The van der Waals surface area contributed by atoms with Crippen LogP contribution in [0.5, 0.6) is 0 Å². The average Bonchev–Trinajstić information content (AvgIpc) is 2.60. The topological polar surface area (TPSA) is 108 Å². The maximum Gasteiger partial charge on any atom is 0.138 e. The number of hydrogen-bond donors (Lipinski definition) is 0. The summed E-state index contributed by atoms with van der Waals surface area (Å²) >= 11 is 0. The number of hydrogen-bond acceptors (Lipinski definition) is 7. The van der Waals surface area contributed by atoms with Crippen molar-refractivity contribution in [3.8, 4) is 30.6 Å². The molecule has 0 aliphatic carbocycles. The monoisotopic (exact) mass is 333 g/mol. The number of terminal acetylenes is 1. The first kappa shape index (κ1) is 21.9. The molecule has 0 radical (unpaired) electrons. The first-order chi connectivity index (χ1) is 11.7. The zero-order chi connectivity index (χ0) is 17.9. The minimum Gasteiger partial charge on any atom is -0.377 e. The van der Waals surface area contributed by atoms with Crippen LogP contribution in [0.25, 0.3) is 0 Å². The van der Waals surface area contributed by atoms with E-state index in [0.717, 1.165) is 0 Å². The molecule has 0 amide bonds. The van der Waals surface area contributed by atoms with E-state index >= 15 is 0 Å². The molecule has 7 nitrogen and oxygen atoms in total. The maximum absolute atomic E-state index is 8.58. The predicted octanol–water partition coefficient (Wildman–Crippen LogP) is 1.56. The Morgan fingerprint density at radius 2 is 1.08 bits per heavy atom. The van der Waals surface area contributed by atoms with Gasteiger partial charge in [-0.3, -0.25) is 0 Å². The highest BCUT2D eigenvalue weighted by molar-refractivity contribution is 4.86. The van der Waals surface area contributed by atoms with Gasteiger partial charge in [0.25, 0.3) is 0 Å². The third-order valence-electron chi connectivity index (χ3n) is 2.82. The highest BCUT2D eigenvalue weighted by Crippen LogP contribution is 2.16. The molecule has 0 aliphatic heterocycles. The van der Waals surface area contributed by atoms with Crippen molar-refractivity contribution in [2.24, 2.45) is 0 Å². The molecule has 0 aromatic carbocycles. The largest absolute Gasteiger partial charge is 0.377 e. The van der Waals surface area contributed by atoms with Crippen molar-refractivity contribution in [2.45, 2.75) is 31.3 Å². The summed E-state index contributed by atoms with van der Waals surface area (Å²) in [4.78, 5) is 0. The van der Waals surface area contributed by atoms with E-state index in [1.165, 1.54) is 0 Å². The van der Waals surface area contributed by atoms with Gasteiger partial charge in [-0.05, 0) is 0 Å². The van der Waals surface area contributed by atoms with E-state index in [4.69, 9.17) is 41.2 Å². The van der Waals surface area contributed by atoms with Gasteiger partial charge in [-0.2, -0.15) is 15.8 Å². The Hall–Kier alpha value is -2.13. The molecule has 0 aromatic rings. The molecule has 0 aromatic heterocycles. The van der Waals surface area contributed by atoms with Crippen LogP contribution in [-0.2, 0) is 18.9 Å². The molecule has 0 saturated heterocycles. The van der Waals surface area contributed by atoms with Crippen molar-refractivity contribution in [1.82, 2.24) is 0 Å². The van der Waals surface area contributed by atoms with Gasteiger partial charge in [-0.15, -0.1) is 12.3 Å². The third kappa shape index (κ3) is 11.4. The predicted molar refractivity (Wildman–Crippen MR) is 85.3 cm³/mol. The van der Waals surface area contributed by atoms with Gasteiger partial charge in [0.1, 0.15) is 5.60 Å². The zero-order valence-electron chi connectivity index (χ0n) is 13.8. The number of nitrogens with zero attached hydrogens (tertiary/aromatic N) is 3. The highest BCUT2D eigenvalue weighted by atomic mass is 16.6. The van der Waals surface area contributed by atoms with Gasteiger partial charge in [-0.25, -0.2) is 0 Å². The van der Waals surface area contributed by atoms with Crippen molar-refractivity contribution < 1.29 is 18.9 Å². The van der Waals surface area contributed by atoms with Crippen LogP contribution in [0.3, 0.4) is 0 Å². The smallest absolute Gasteiger partial charge is 0.138 e. The molecular formula is C17H23N3O4. The molecule has 7 heteroatoms. The lowest BCUT2D eigenvalue weighted by molar-refractivity contribution is -0.164. The Morgan fingerprint density at radius 3 is 1.42 bits per heavy atom. The third-order valence-corrected chi connectivity index (χ3v) is 2.82. The van der Waals surface area contributed by atoms with E-state index in [-0.39, 0.29) is 58.9 Å². The fourth-order valence-corrected chi connectivity index (χ4v) is 1.70. The average molecular weight is 333 g/mol. The molecule has 0 N–H and O–H groups in total. The Bertz CT molecular complexity index is 427. The van der Waals surface area contributed by atoms with Crippen molar-refractivity contribution in [2.75, 3.05) is 46.2 Å². The standard InChI is InChI=1S/C17H23N3O4/c1-2-3-13-24-17(14-21-10-4-7-18,15-22-11-5-8-19)16-23-12-6-9-20/h1H,3-6,10-16H2. The quantitative estimate of drug-likeness (QED) is 0.330. The molecule has 0 atom stereocenters. The molecular weight excluding hydrogens is 310 g/mol. The van der Waals surface area contributed by atoms with E-state index in [1.54, 1.807) is 0 Å². The van der Waals surface area contributed by atoms with Gasteiger partial charge < -0.3 is 18.9 Å². The van der Waals surface area contributed by atoms with Gasteiger partial charge >= 0.3 is 0 Å². The van der Waals surface area contributed by atoms with Crippen LogP contribution in [-0.4, -0.2) is 51.8 Å². The van der Waals surface area contributed by atoms with Crippen LogP contribution in [0.15, 0.2) is 0 Å². The van der Waals surface area contributed by atoms with Crippen LogP contribution in [0.4, 0.5) is 0 Å². The number of rotatable bonds is 15. The maximum atomic E-state index is 8.58. The first-order valence-corrected chi connectivity index (χ1v) is 7.66. The van der Waals surface area contributed by atoms with E-state index in [0.29, 0.717) is 13.0 Å². The Morgan fingerprint density at radius 1 is 0.667 bits per heavy atom. The minimum atomic E-state index is -0.892. The summed E-state index contributed by atoms with van der Waals surface area (Å²) in [5.41, 5.74) is -0.892. The van der Waals surface area contributed by atoms with Gasteiger partial charge in [0, 0.05) is 6.42 Å². The Balaban J connectivity index is 4.72. The van der Waals surface area contributed by atoms with Crippen LogP contribution in [0.2, 0.25) is 0 Å². The fourth-order valence-electron chi connectivity index (χ4n) is 1.70. The first-order valence-electron chi connectivity index (χ1n) is 7.66. The summed E-state index contributed by atoms with van der Waals surface area (Å²) in [5.74, 6) is 2.49. The second-order valence-corrected chi connectivity index (χ2v) is 4.87. The lowest BCUT2D eigenvalue weighted by Crippen LogP contribution is -2.47. The molecule has 0 bridgehead atoms.